The highest BCUT2D eigenvalue weighted by Crippen LogP contribution is 2.31. The zero-order chi connectivity index (χ0) is 19.9. The van der Waals surface area contributed by atoms with E-state index in [2.05, 4.69) is 27.8 Å². The molecule has 1 aliphatic heterocycles. The van der Waals surface area contributed by atoms with Crippen LogP contribution < -0.4 is 14.8 Å². The Morgan fingerprint density at radius 2 is 1.89 bits per heavy atom. The number of ether oxygens (including phenoxy) is 2. The molecule has 144 valence electrons. The van der Waals surface area contributed by atoms with Crippen LogP contribution in [0.15, 0.2) is 64.5 Å². The molecule has 2 aromatic carbocycles. The van der Waals surface area contributed by atoms with Gasteiger partial charge in [0.1, 0.15) is 29.0 Å². The molecule has 0 radical (unpaired) electrons. The number of carbonyl (C=O) groups is 1. The molecule has 3 rings (SSSR count). The quantitative estimate of drug-likeness (QED) is 0.248. The van der Waals surface area contributed by atoms with Crippen molar-refractivity contribution >= 4 is 56.2 Å². The summed E-state index contributed by atoms with van der Waals surface area (Å²) in [4.78, 5) is 12.5. The van der Waals surface area contributed by atoms with E-state index in [0.717, 1.165) is 27.8 Å². The second-order valence-corrected chi connectivity index (χ2v) is 8.47. The number of allylic oxidation sites excluding steroid dienone is 1. The zero-order valence-electron chi connectivity index (χ0n) is 14.9. The van der Waals surface area contributed by atoms with Gasteiger partial charge < -0.3 is 14.8 Å². The van der Waals surface area contributed by atoms with E-state index in [4.69, 9.17) is 21.7 Å². The molecule has 0 bridgehead atoms. The van der Waals surface area contributed by atoms with E-state index in [9.17, 15) is 4.79 Å². The summed E-state index contributed by atoms with van der Waals surface area (Å²) in [6.45, 7) is 4.55. The lowest BCUT2D eigenvalue weighted by Gasteiger charge is -2.13. The van der Waals surface area contributed by atoms with Gasteiger partial charge in [-0.2, -0.15) is 0 Å². The smallest absolute Gasteiger partial charge is 0.263 e. The Bertz CT molecular complexity index is 943. The molecule has 0 unspecified atom stereocenters. The molecule has 0 spiro atoms. The van der Waals surface area contributed by atoms with E-state index >= 15 is 0 Å². The highest BCUT2D eigenvalue weighted by Gasteiger charge is 2.22. The number of amides is 1. The fourth-order valence-corrected chi connectivity index (χ4v) is 4.01. The molecule has 1 fully saturated rings. The van der Waals surface area contributed by atoms with Gasteiger partial charge in [0.25, 0.3) is 5.91 Å². The molecule has 0 atom stereocenters. The first-order valence-electron chi connectivity index (χ1n) is 8.55. The molecule has 1 heterocycles. The second kappa shape index (κ2) is 9.91. The maximum Gasteiger partial charge on any atom is 0.263 e. The number of para-hydroxylation sites is 1. The van der Waals surface area contributed by atoms with Crippen LogP contribution in [-0.4, -0.2) is 23.4 Å². The van der Waals surface area contributed by atoms with E-state index in [-0.39, 0.29) is 5.91 Å². The highest BCUT2D eigenvalue weighted by molar-refractivity contribution is 9.10. The van der Waals surface area contributed by atoms with Crippen LogP contribution >= 0.6 is 39.9 Å². The summed E-state index contributed by atoms with van der Waals surface area (Å²) < 4.78 is 13.1. The first-order chi connectivity index (χ1) is 13.6. The van der Waals surface area contributed by atoms with Crippen LogP contribution in [0.2, 0.25) is 0 Å². The number of thiocarbonyl (C=S) groups is 1. The maximum atomic E-state index is 11.9. The summed E-state index contributed by atoms with van der Waals surface area (Å²) in [6, 6.07) is 13.5. The summed E-state index contributed by atoms with van der Waals surface area (Å²) in [5, 5.41) is 2.61. The van der Waals surface area contributed by atoms with Crippen molar-refractivity contribution < 1.29 is 14.3 Å². The van der Waals surface area contributed by atoms with Crippen molar-refractivity contribution in [2.24, 2.45) is 0 Å². The number of nitrogens with one attached hydrogen (secondary N) is 1. The minimum absolute atomic E-state index is 0.192. The van der Waals surface area contributed by atoms with Gasteiger partial charge in [0, 0.05) is 10.0 Å². The minimum atomic E-state index is -0.192. The van der Waals surface area contributed by atoms with Gasteiger partial charge in [-0.1, -0.05) is 64.2 Å². The molecule has 4 nitrogen and oxygen atoms in total. The SMILES string of the molecule is C=CCc1ccccc1OCCOc1ccc(Br)cc1/C=C1/SC(=S)NC1=O. The summed E-state index contributed by atoms with van der Waals surface area (Å²) in [5.41, 5.74) is 1.88. The fraction of sp³-hybridized carbons (Fsp3) is 0.143. The van der Waals surface area contributed by atoms with E-state index in [0.29, 0.717) is 28.2 Å². The van der Waals surface area contributed by atoms with Crippen LogP contribution in [0, 0.1) is 0 Å². The molecule has 0 saturated carbocycles. The Balaban J connectivity index is 1.65. The number of halogens is 1. The normalized spacial score (nSPS) is 14.8. The molecule has 1 N–H and O–H groups in total. The van der Waals surface area contributed by atoms with Gasteiger partial charge in [-0.25, -0.2) is 0 Å². The molecular formula is C21H18BrNO3S2. The third kappa shape index (κ3) is 5.47. The average molecular weight is 476 g/mol. The zero-order valence-corrected chi connectivity index (χ0v) is 18.2. The summed E-state index contributed by atoms with van der Waals surface area (Å²) in [7, 11) is 0. The standard InChI is InChI=1S/C21H18BrNO3S2/c1-2-5-14-6-3-4-7-17(14)25-10-11-26-18-9-8-16(22)12-15(18)13-19-20(24)23-21(27)28-19/h2-4,6-9,12-13H,1,5,10-11H2,(H,23,24,27)/b19-13+. The number of thioether (sulfide) groups is 1. The Morgan fingerprint density at radius 3 is 2.61 bits per heavy atom. The summed E-state index contributed by atoms with van der Waals surface area (Å²) in [5.74, 6) is 1.31. The van der Waals surface area contributed by atoms with Gasteiger partial charge in [0.15, 0.2) is 0 Å². The van der Waals surface area contributed by atoms with Crippen molar-refractivity contribution in [3.05, 3.63) is 75.6 Å². The van der Waals surface area contributed by atoms with Gasteiger partial charge >= 0.3 is 0 Å². The molecular weight excluding hydrogens is 458 g/mol. The molecule has 0 aliphatic carbocycles. The Hall–Kier alpha value is -2.09. The Kier molecular flexibility index (Phi) is 7.30. The lowest BCUT2D eigenvalue weighted by Crippen LogP contribution is -2.17. The molecule has 2 aromatic rings. The number of hydrogen-bond donors (Lipinski definition) is 1. The molecule has 1 amide bonds. The first kappa shape index (κ1) is 20.6. The Morgan fingerprint density at radius 1 is 1.14 bits per heavy atom. The third-order valence-electron chi connectivity index (χ3n) is 3.84. The molecule has 0 aromatic heterocycles. The van der Waals surface area contributed by atoms with Gasteiger partial charge in [0.05, 0.1) is 4.91 Å². The highest BCUT2D eigenvalue weighted by atomic mass is 79.9. The van der Waals surface area contributed by atoms with Crippen molar-refractivity contribution in [3.8, 4) is 11.5 Å². The van der Waals surface area contributed by atoms with E-state index in [1.54, 1.807) is 6.08 Å². The number of hydrogen-bond acceptors (Lipinski definition) is 5. The molecule has 1 aliphatic rings. The predicted octanol–water partition coefficient (Wildman–Crippen LogP) is 5.12. The summed E-state index contributed by atoms with van der Waals surface area (Å²) in [6.07, 6.45) is 4.38. The number of carbonyl (C=O) groups excluding carboxylic acids is 1. The predicted molar refractivity (Wildman–Crippen MR) is 122 cm³/mol. The van der Waals surface area contributed by atoms with Crippen molar-refractivity contribution in [3.63, 3.8) is 0 Å². The monoisotopic (exact) mass is 475 g/mol. The van der Waals surface area contributed by atoms with Crippen LogP contribution in [0.25, 0.3) is 6.08 Å². The van der Waals surface area contributed by atoms with E-state index in [1.807, 2.05) is 48.5 Å². The second-order valence-electron chi connectivity index (χ2n) is 5.83. The lowest BCUT2D eigenvalue weighted by atomic mass is 10.1. The topological polar surface area (TPSA) is 47.6 Å². The van der Waals surface area contributed by atoms with Gasteiger partial charge in [-0.05, 0) is 42.3 Å². The van der Waals surface area contributed by atoms with Gasteiger partial charge in [-0.15, -0.1) is 6.58 Å². The minimum Gasteiger partial charge on any atom is -0.490 e. The van der Waals surface area contributed by atoms with Gasteiger partial charge in [-0.3, -0.25) is 4.79 Å². The van der Waals surface area contributed by atoms with Crippen LogP contribution in [0.3, 0.4) is 0 Å². The van der Waals surface area contributed by atoms with Crippen LogP contribution in [-0.2, 0) is 11.2 Å². The van der Waals surface area contributed by atoms with E-state index < -0.39 is 0 Å². The van der Waals surface area contributed by atoms with Crippen molar-refractivity contribution in [1.82, 2.24) is 5.32 Å². The van der Waals surface area contributed by atoms with Crippen molar-refractivity contribution in [1.29, 1.82) is 0 Å². The largest absolute Gasteiger partial charge is 0.490 e. The van der Waals surface area contributed by atoms with Crippen LogP contribution in [0.1, 0.15) is 11.1 Å². The van der Waals surface area contributed by atoms with Crippen LogP contribution in [0.4, 0.5) is 0 Å². The number of benzene rings is 2. The van der Waals surface area contributed by atoms with E-state index in [1.165, 1.54) is 11.8 Å². The third-order valence-corrected chi connectivity index (χ3v) is 5.49. The molecule has 1 saturated heterocycles. The van der Waals surface area contributed by atoms with Gasteiger partial charge in [0.2, 0.25) is 0 Å². The van der Waals surface area contributed by atoms with Crippen LogP contribution in [0.5, 0.6) is 11.5 Å². The fourth-order valence-electron chi connectivity index (χ4n) is 2.60. The summed E-state index contributed by atoms with van der Waals surface area (Å²) >= 11 is 9.74. The number of rotatable bonds is 8. The first-order valence-corrected chi connectivity index (χ1v) is 10.6. The maximum absolute atomic E-state index is 11.9. The lowest BCUT2D eigenvalue weighted by molar-refractivity contribution is -0.115. The average Bonchev–Trinajstić information content (AvgIpc) is 2.98. The molecule has 28 heavy (non-hydrogen) atoms. The Labute approximate surface area is 182 Å². The van der Waals surface area contributed by atoms with Crippen molar-refractivity contribution in [2.45, 2.75) is 6.42 Å². The molecule has 7 heteroatoms. The van der Waals surface area contributed by atoms with Crippen molar-refractivity contribution in [2.75, 3.05) is 13.2 Å².